The Bertz CT molecular complexity index is 1200. The van der Waals surface area contributed by atoms with Crippen LogP contribution in [0.15, 0.2) is 59.1 Å². The number of nitrogens with one attached hydrogen (secondary N) is 1. The highest BCUT2D eigenvalue weighted by molar-refractivity contribution is 9.10. The minimum absolute atomic E-state index is 0.0608. The molecule has 0 saturated carbocycles. The summed E-state index contributed by atoms with van der Waals surface area (Å²) in [5, 5.41) is 4.53. The number of ether oxygens (including phenoxy) is 2. The van der Waals surface area contributed by atoms with E-state index in [9.17, 15) is 0 Å². The second kappa shape index (κ2) is 9.28. The van der Waals surface area contributed by atoms with Gasteiger partial charge in [0, 0.05) is 27.8 Å². The Balaban J connectivity index is 1.52. The third kappa shape index (κ3) is 5.02. The molecule has 0 bridgehead atoms. The van der Waals surface area contributed by atoms with Crippen molar-refractivity contribution in [1.82, 2.24) is 4.98 Å². The molecule has 0 aliphatic rings. The molecule has 1 heterocycles. The molecule has 0 spiro atoms. The normalized spacial score (nSPS) is 11.2. The number of aryl methyl sites for hydroxylation is 1. The monoisotopic (exact) mass is 496 g/mol. The maximum atomic E-state index is 6.03. The standard InChI is InChI=1S/C25H25BrN2O2S/c1-15(2)30-24-18(12-19(26)13-22(24)29-4)14-27-20-8-6-17(7-9-20)25-28-21-10-5-16(3)11-23(21)31-25/h5-13,15,27H,14H2,1-4H3. The van der Waals surface area contributed by atoms with Gasteiger partial charge in [-0.3, -0.25) is 0 Å². The van der Waals surface area contributed by atoms with Crippen LogP contribution in [0.4, 0.5) is 5.69 Å². The average molecular weight is 497 g/mol. The molecule has 0 atom stereocenters. The van der Waals surface area contributed by atoms with Gasteiger partial charge in [-0.05, 0) is 74.9 Å². The molecule has 0 saturated heterocycles. The predicted octanol–water partition coefficient (Wildman–Crippen LogP) is 7.44. The zero-order chi connectivity index (χ0) is 22.0. The van der Waals surface area contributed by atoms with Crippen molar-refractivity contribution in [3.8, 4) is 22.1 Å². The lowest BCUT2D eigenvalue weighted by Gasteiger charge is -2.18. The number of anilines is 1. The van der Waals surface area contributed by atoms with Crippen LogP contribution in [0.25, 0.3) is 20.8 Å². The summed E-state index contributed by atoms with van der Waals surface area (Å²) in [5.41, 5.74) is 5.50. The fourth-order valence-corrected chi connectivity index (χ4v) is 4.91. The van der Waals surface area contributed by atoms with Crippen LogP contribution in [0, 0.1) is 6.92 Å². The highest BCUT2D eigenvalue weighted by Crippen LogP contribution is 2.36. The van der Waals surface area contributed by atoms with Crippen LogP contribution in [0.2, 0.25) is 0 Å². The van der Waals surface area contributed by atoms with Crippen molar-refractivity contribution in [3.63, 3.8) is 0 Å². The van der Waals surface area contributed by atoms with Gasteiger partial charge < -0.3 is 14.8 Å². The number of nitrogens with zero attached hydrogens (tertiary/aromatic N) is 1. The van der Waals surface area contributed by atoms with Crippen molar-refractivity contribution in [2.45, 2.75) is 33.4 Å². The van der Waals surface area contributed by atoms with Gasteiger partial charge in [0.15, 0.2) is 11.5 Å². The summed E-state index contributed by atoms with van der Waals surface area (Å²) in [5.74, 6) is 1.50. The van der Waals surface area contributed by atoms with Crippen molar-refractivity contribution in [3.05, 3.63) is 70.2 Å². The van der Waals surface area contributed by atoms with Crippen LogP contribution in [0.1, 0.15) is 25.0 Å². The second-order valence-corrected chi connectivity index (χ2v) is 9.63. The molecule has 0 amide bonds. The first-order valence-electron chi connectivity index (χ1n) is 10.2. The number of methoxy groups -OCH3 is 1. The Morgan fingerprint density at radius 1 is 1.06 bits per heavy atom. The van der Waals surface area contributed by atoms with Gasteiger partial charge in [-0.25, -0.2) is 4.98 Å². The van der Waals surface area contributed by atoms with Gasteiger partial charge in [0.2, 0.25) is 0 Å². The molecule has 0 aliphatic carbocycles. The number of benzene rings is 3. The Kier molecular flexibility index (Phi) is 6.49. The van der Waals surface area contributed by atoms with E-state index < -0.39 is 0 Å². The van der Waals surface area contributed by atoms with Gasteiger partial charge in [0.05, 0.1) is 23.4 Å². The number of fused-ring (bicyclic) bond motifs is 1. The van der Waals surface area contributed by atoms with E-state index >= 15 is 0 Å². The molecular weight excluding hydrogens is 472 g/mol. The SMILES string of the molecule is COc1cc(Br)cc(CNc2ccc(-c3nc4ccc(C)cc4s3)cc2)c1OC(C)C. The maximum absolute atomic E-state index is 6.03. The maximum Gasteiger partial charge on any atom is 0.166 e. The Morgan fingerprint density at radius 3 is 2.55 bits per heavy atom. The van der Waals surface area contributed by atoms with Gasteiger partial charge in [-0.1, -0.05) is 22.0 Å². The van der Waals surface area contributed by atoms with Crippen molar-refractivity contribution >= 4 is 43.2 Å². The molecule has 0 radical (unpaired) electrons. The number of aromatic nitrogens is 1. The smallest absolute Gasteiger partial charge is 0.166 e. The van der Waals surface area contributed by atoms with Gasteiger partial charge in [0.1, 0.15) is 5.01 Å². The van der Waals surface area contributed by atoms with E-state index in [0.29, 0.717) is 6.54 Å². The van der Waals surface area contributed by atoms with Crippen LogP contribution in [-0.4, -0.2) is 18.2 Å². The van der Waals surface area contributed by atoms with Crippen LogP contribution >= 0.6 is 27.3 Å². The number of halogens is 1. The van der Waals surface area contributed by atoms with E-state index in [-0.39, 0.29) is 6.10 Å². The summed E-state index contributed by atoms with van der Waals surface area (Å²) in [6.07, 6.45) is 0.0608. The molecule has 160 valence electrons. The summed E-state index contributed by atoms with van der Waals surface area (Å²) in [6, 6.07) is 18.8. The summed E-state index contributed by atoms with van der Waals surface area (Å²) >= 11 is 5.29. The quantitative estimate of drug-likeness (QED) is 0.288. The molecule has 4 nitrogen and oxygen atoms in total. The van der Waals surface area contributed by atoms with E-state index in [2.05, 4.69) is 76.7 Å². The van der Waals surface area contributed by atoms with Gasteiger partial charge >= 0.3 is 0 Å². The molecule has 1 N–H and O–H groups in total. The minimum Gasteiger partial charge on any atom is -0.493 e. The first-order valence-corrected chi connectivity index (χ1v) is 11.8. The third-order valence-corrected chi connectivity index (χ3v) is 6.35. The van der Waals surface area contributed by atoms with E-state index in [0.717, 1.165) is 43.3 Å². The largest absolute Gasteiger partial charge is 0.493 e. The number of thiazole rings is 1. The first kappa shape index (κ1) is 21.7. The van der Waals surface area contributed by atoms with E-state index in [1.807, 2.05) is 19.9 Å². The van der Waals surface area contributed by atoms with E-state index in [1.165, 1.54) is 10.3 Å². The number of hydrogen-bond donors (Lipinski definition) is 1. The van der Waals surface area contributed by atoms with Crippen molar-refractivity contribution in [1.29, 1.82) is 0 Å². The van der Waals surface area contributed by atoms with Crippen molar-refractivity contribution in [2.24, 2.45) is 0 Å². The zero-order valence-corrected chi connectivity index (χ0v) is 20.4. The van der Waals surface area contributed by atoms with Crippen molar-refractivity contribution < 1.29 is 9.47 Å². The van der Waals surface area contributed by atoms with E-state index in [1.54, 1.807) is 18.4 Å². The highest BCUT2D eigenvalue weighted by atomic mass is 79.9. The minimum atomic E-state index is 0.0608. The lowest BCUT2D eigenvalue weighted by atomic mass is 10.1. The first-order chi connectivity index (χ1) is 14.9. The molecule has 3 aromatic carbocycles. The highest BCUT2D eigenvalue weighted by Gasteiger charge is 2.14. The van der Waals surface area contributed by atoms with Gasteiger partial charge in [-0.15, -0.1) is 11.3 Å². The molecule has 6 heteroatoms. The van der Waals surface area contributed by atoms with Crippen LogP contribution in [0.3, 0.4) is 0 Å². The lowest BCUT2D eigenvalue weighted by Crippen LogP contribution is -2.10. The molecule has 4 rings (SSSR count). The van der Waals surface area contributed by atoms with Crippen molar-refractivity contribution in [2.75, 3.05) is 12.4 Å². The fraction of sp³-hybridized carbons (Fsp3) is 0.240. The molecule has 4 aromatic rings. The number of hydrogen-bond acceptors (Lipinski definition) is 5. The van der Waals surface area contributed by atoms with Crippen LogP contribution in [0.5, 0.6) is 11.5 Å². The zero-order valence-electron chi connectivity index (χ0n) is 18.0. The summed E-state index contributed by atoms with van der Waals surface area (Å²) in [6.45, 7) is 6.76. The second-order valence-electron chi connectivity index (χ2n) is 7.68. The fourth-order valence-electron chi connectivity index (χ4n) is 3.36. The van der Waals surface area contributed by atoms with E-state index in [4.69, 9.17) is 14.5 Å². The Hall–Kier alpha value is -2.57. The molecule has 1 aromatic heterocycles. The van der Waals surface area contributed by atoms with Crippen LogP contribution < -0.4 is 14.8 Å². The Morgan fingerprint density at radius 2 is 1.84 bits per heavy atom. The molecular formula is C25H25BrN2O2S. The summed E-state index contributed by atoms with van der Waals surface area (Å²) in [4.78, 5) is 4.78. The van der Waals surface area contributed by atoms with Gasteiger partial charge in [0.25, 0.3) is 0 Å². The average Bonchev–Trinajstić information content (AvgIpc) is 3.16. The Labute approximate surface area is 195 Å². The number of rotatable bonds is 7. The lowest BCUT2D eigenvalue weighted by molar-refractivity contribution is 0.228. The topological polar surface area (TPSA) is 43.4 Å². The molecule has 0 unspecified atom stereocenters. The van der Waals surface area contributed by atoms with Gasteiger partial charge in [-0.2, -0.15) is 0 Å². The predicted molar refractivity (Wildman–Crippen MR) is 134 cm³/mol. The van der Waals surface area contributed by atoms with Crippen LogP contribution in [-0.2, 0) is 6.54 Å². The molecule has 0 aliphatic heterocycles. The summed E-state index contributed by atoms with van der Waals surface area (Å²) < 4.78 is 13.7. The third-order valence-electron chi connectivity index (χ3n) is 4.83. The summed E-state index contributed by atoms with van der Waals surface area (Å²) in [7, 11) is 1.66. The molecule has 0 fully saturated rings. The molecule has 31 heavy (non-hydrogen) atoms.